The number of thiocarbonyl (C=S) groups is 1. The van der Waals surface area contributed by atoms with Crippen molar-refractivity contribution >= 4 is 64.0 Å². The molecule has 1 unspecified atom stereocenters. The van der Waals surface area contributed by atoms with E-state index in [9.17, 15) is 29.4 Å². The number of carbonyl (C=O) groups excluding carboxylic acids is 4. The highest BCUT2D eigenvalue weighted by Crippen LogP contribution is 2.29. The fourth-order valence-electron chi connectivity index (χ4n) is 4.56. The standard InChI is InChI=1S/C25H33Cl2N5O6S/c1-3-15-22(36)29-17(11-33)24(39)30-16(13-7-5-4-6-8-13)9-18(35)31-20(12(2)34)25(38)32-10-14(26)19(27)21(32)23(37)28-15/h4-8,12,14-17,19-21,33-34H,3,9-11H2,1-2H3,(H,28,37)(H,29,36)(H,30,39)(H,31,35)/t12?,14-,15+,16-,17+,19-,20+,21+/m1/s1. The molecule has 3 rings (SSSR count). The summed E-state index contributed by atoms with van der Waals surface area (Å²) in [6.07, 6.45) is -1.33. The molecule has 2 aliphatic heterocycles. The van der Waals surface area contributed by atoms with Crippen LogP contribution in [0.4, 0.5) is 0 Å². The van der Waals surface area contributed by atoms with Gasteiger partial charge in [-0.15, -0.1) is 23.2 Å². The van der Waals surface area contributed by atoms with Crippen molar-refractivity contribution in [3.63, 3.8) is 0 Å². The van der Waals surface area contributed by atoms with Crippen LogP contribution in [0.25, 0.3) is 0 Å². The van der Waals surface area contributed by atoms with E-state index in [4.69, 9.17) is 35.4 Å². The highest BCUT2D eigenvalue weighted by atomic mass is 35.5. The Bertz CT molecular complexity index is 1080. The van der Waals surface area contributed by atoms with Gasteiger partial charge in [0.05, 0.1) is 35.9 Å². The van der Waals surface area contributed by atoms with Crippen LogP contribution in [0.2, 0.25) is 0 Å². The number of nitrogens with one attached hydrogen (secondary N) is 4. The van der Waals surface area contributed by atoms with E-state index in [-0.39, 0.29) is 24.4 Å². The first-order chi connectivity index (χ1) is 18.5. The summed E-state index contributed by atoms with van der Waals surface area (Å²) in [7, 11) is 0. The number of fused-ring (bicyclic) bond motifs is 1. The minimum absolute atomic E-state index is 0.0664. The van der Waals surface area contributed by atoms with Crippen molar-refractivity contribution < 1.29 is 29.4 Å². The smallest absolute Gasteiger partial charge is 0.248 e. The minimum Gasteiger partial charge on any atom is -0.394 e. The van der Waals surface area contributed by atoms with Gasteiger partial charge in [0.1, 0.15) is 29.2 Å². The average molecular weight is 603 g/mol. The maximum absolute atomic E-state index is 13.6. The van der Waals surface area contributed by atoms with E-state index in [2.05, 4.69) is 21.3 Å². The first kappa shape index (κ1) is 31.0. The van der Waals surface area contributed by atoms with Crippen molar-refractivity contribution in [3.8, 4) is 0 Å². The van der Waals surface area contributed by atoms with Crippen molar-refractivity contribution in [3.05, 3.63) is 35.9 Å². The van der Waals surface area contributed by atoms with E-state index in [0.717, 1.165) is 4.90 Å². The van der Waals surface area contributed by atoms with Crippen molar-refractivity contribution in [2.75, 3.05) is 13.2 Å². The van der Waals surface area contributed by atoms with E-state index in [1.54, 1.807) is 37.3 Å². The second-order valence-corrected chi connectivity index (χ2v) is 11.1. The Labute approximate surface area is 242 Å². The number of hydrogen-bond acceptors (Lipinski definition) is 7. The molecule has 0 radical (unpaired) electrons. The second-order valence-electron chi connectivity index (χ2n) is 9.57. The van der Waals surface area contributed by atoms with Crippen LogP contribution in [-0.2, 0) is 19.2 Å². The van der Waals surface area contributed by atoms with Crippen molar-refractivity contribution in [1.82, 2.24) is 26.2 Å². The van der Waals surface area contributed by atoms with Gasteiger partial charge in [0.25, 0.3) is 0 Å². The van der Waals surface area contributed by atoms with Gasteiger partial charge in [-0.1, -0.05) is 49.5 Å². The zero-order chi connectivity index (χ0) is 28.9. The van der Waals surface area contributed by atoms with Crippen LogP contribution in [0.3, 0.4) is 0 Å². The predicted octanol–water partition coefficient (Wildman–Crippen LogP) is -0.288. The summed E-state index contributed by atoms with van der Waals surface area (Å²) in [5, 5.41) is 29.5. The van der Waals surface area contributed by atoms with Gasteiger partial charge in [0.2, 0.25) is 23.6 Å². The lowest BCUT2D eigenvalue weighted by Crippen LogP contribution is -2.61. The van der Waals surface area contributed by atoms with Crippen molar-refractivity contribution in [2.24, 2.45) is 0 Å². The lowest BCUT2D eigenvalue weighted by molar-refractivity contribution is -0.144. The molecule has 0 spiro atoms. The van der Waals surface area contributed by atoms with Gasteiger partial charge < -0.3 is 36.4 Å². The van der Waals surface area contributed by atoms with Crippen LogP contribution in [0.1, 0.15) is 38.3 Å². The fraction of sp³-hybridized carbons (Fsp3) is 0.560. The van der Waals surface area contributed by atoms with Gasteiger partial charge >= 0.3 is 0 Å². The molecule has 2 heterocycles. The molecule has 0 bridgehead atoms. The van der Waals surface area contributed by atoms with E-state index >= 15 is 0 Å². The van der Waals surface area contributed by atoms with Crippen LogP contribution >= 0.6 is 35.4 Å². The number of amides is 4. The molecule has 2 saturated heterocycles. The molecule has 6 N–H and O–H groups in total. The second kappa shape index (κ2) is 13.7. The third-order valence-electron chi connectivity index (χ3n) is 6.74. The fourth-order valence-corrected chi connectivity index (χ4v) is 5.45. The molecule has 2 fully saturated rings. The molecule has 4 amide bonds. The third-order valence-corrected chi connectivity index (χ3v) is 8.22. The Morgan fingerprint density at radius 3 is 2.26 bits per heavy atom. The minimum atomic E-state index is -1.40. The Balaban J connectivity index is 2.03. The molecule has 39 heavy (non-hydrogen) atoms. The molecule has 2 aliphatic rings. The third kappa shape index (κ3) is 7.37. The zero-order valence-corrected chi connectivity index (χ0v) is 23.8. The summed E-state index contributed by atoms with van der Waals surface area (Å²) in [5.74, 6) is -2.66. The Kier molecular flexibility index (Phi) is 10.9. The van der Waals surface area contributed by atoms with Crippen LogP contribution in [0.5, 0.6) is 0 Å². The number of hydrogen-bond donors (Lipinski definition) is 6. The lowest BCUT2D eigenvalue weighted by atomic mass is 10.0. The summed E-state index contributed by atoms with van der Waals surface area (Å²) in [5.41, 5.74) is 0.687. The maximum Gasteiger partial charge on any atom is 0.248 e. The first-order valence-electron chi connectivity index (χ1n) is 12.6. The topological polar surface area (TPSA) is 160 Å². The first-order valence-corrected chi connectivity index (χ1v) is 13.9. The van der Waals surface area contributed by atoms with Crippen LogP contribution in [0.15, 0.2) is 30.3 Å². The van der Waals surface area contributed by atoms with Gasteiger partial charge in [-0.2, -0.15) is 0 Å². The van der Waals surface area contributed by atoms with Crippen LogP contribution in [0, 0.1) is 0 Å². The van der Waals surface area contributed by atoms with E-state index < -0.39 is 77.3 Å². The molecule has 214 valence electrons. The Morgan fingerprint density at radius 2 is 1.67 bits per heavy atom. The molecular weight excluding hydrogens is 569 g/mol. The summed E-state index contributed by atoms with van der Waals surface area (Å²) in [4.78, 5) is 54.3. The van der Waals surface area contributed by atoms with Gasteiger partial charge in [-0.05, 0) is 18.9 Å². The van der Waals surface area contributed by atoms with Gasteiger partial charge in [-0.3, -0.25) is 19.2 Å². The number of halogens is 2. The van der Waals surface area contributed by atoms with Crippen molar-refractivity contribution in [2.45, 2.75) is 73.8 Å². The molecule has 0 aromatic heterocycles. The summed E-state index contributed by atoms with van der Waals surface area (Å²) < 4.78 is 0. The number of aliphatic hydroxyl groups excluding tert-OH is 2. The van der Waals surface area contributed by atoms with Crippen molar-refractivity contribution in [1.29, 1.82) is 0 Å². The molecule has 11 nitrogen and oxygen atoms in total. The molecule has 1 aromatic rings. The van der Waals surface area contributed by atoms with Crippen LogP contribution < -0.4 is 21.3 Å². The molecule has 14 heteroatoms. The van der Waals surface area contributed by atoms with Gasteiger partial charge in [0, 0.05) is 6.54 Å². The molecule has 0 aliphatic carbocycles. The molecular formula is C25H33Cl2N5O6S. The number of nitrogens with zero attached hydrogens (tertiary/aromatic N) is 1. The van der Waals surface area contributed by atoms with Gasteiger partial charge in [0.15, 0.2) is 0 Å². The lowest BCUT2D eigenvalue weighted by Gasteiger charge is -2.32. The number of aliphatic hydroxyl groups is 2. The zero-order valence-electron chi connectivity index (χ0n) is 21.5. The highest BCUT2D eigenvalue weighted by Gasteiger charge is 2.49. The van der Waals surface area contributed by atoms with E-state index in [0.29, 0.717) is 5.56 Å². The monoisotopic (exact) mass is 601 g/mol. The number of rotatable bonds is 4. The highest BCUT2D eigenvalue weighted by molar-refractivity contribution is 7.80. The molecule has 8 atom stereocenters. The summed E-state index contributed by atoms with van der Waals surface area (Å²) >= 11 is 18.2. The molecule has 0 saturated carbocycles. The SMILES string of the molecule is CC[C@@H]1NC(=O)[C@@H]2[C@H](Cl)[C@H](Cl)CN2C(=O)[C@H](C(C)O)NC(=O)C[C@H](c2ccccc2)NC(=S)[C@H](CO)NC1=O. The van der Waals surface area contributed by atoms with E-state index in [1.165, 1.54) is 6.92 Å². The summed E-state index contributed by atoms with van der Waals surface area (Å²) in [6.45, 7) is 2.37. The summed E-state index contributed by atoms with van der Waals surface area (Å²) in [6, 6.07) is 3.50. The van der Waals surface area contributed by atoms with Crippen LogP contribution in [-0.4, -0.2) is 97.9 Å². The predicted molar refractivity (Wildman–Crippen MR) is 149 cm³/mol. The quantitative estimate of drug-likeness (QED) is 0.203. The largest absolute Gasteiger partial charge is 0.394 e. The average Bonchev–Trinajstić information content (AvgIpc) is 3.21. The Hall–Kier alpha value is -2.51. The number of alkyl halides is 2. The molecule has 1 aromatic carbocycles. The Morgan fingerprint density at radius 1 is 1.03 bits per heavy atom. The maximum atomic E-state index is 13.6. The van der Waals surface area contributed by atoms with Gasteiger partial charge in [-0.25, -0.2) is 0 Å². The number of carbonyl (C=O) groups is 4. The number of benzene rings is 1. The van der Waals surface area contributed by atoms with E-state index in [1.807, 2.05) is 0 Å². The normalized spacial score (nSPS) is 32.0.